The monoisotopic (exact) mass is 204 g/mol. The standard InChI is InChI=1S/C15H24/c1-10-11-6-7-12-13(11)14(2,3)8-5-9-15(10,12)4/h11-13H,1,5-9H2,2-4H3/t11-,12-,13+,15+/m0/s1. The lowest BCUT2D eigenvalue weighted by Crippen LogP contribution is -2.28. The molecule has 3 aliphatic carbocycles. The van der Waals surface area contributed by atoms with Gasteiger partial charge in [0.05, 0.1) is 0 Å². The molecule has 0 aliphatic heterocycles. The Hall–Kier alpha value is -0.260. The Kier molecular flexibility index (Phi) is 1.79. The second-order valence-corrected chi connectivity index (χ2v) is 7.10. The lowest BCUT2D eigenvalue weighted by molar-refractivity contribution is 0.141. The summed E-state index contributed by atoms with van der Waals surface area (Å²) >= 11 is 0. The zero-order chi connectivity index (χ0) is 10.8. The molecule has 4 bridgehead atoms. The van der Waals surface area contributed by atoms with Crippen LogP contribution in [0.3, 0.4) is 0 Å². The van der Waals surface area contributed by atoms with Gasteiger partial charge in [-0.3, -0.25) is 0 Å². The number of allylic oxidation sites excluding steroid dienone is 1. The first kappa shape index (κ1) is 9.93. The van der Waals surface area contributed by atoms with Crippen molar-refractivity contribution in [3.63, 3.8) is 0 Å². The quantitative estimate of drug-likeness (QED) is 0.513. The molecule has 84 valence electrons. The molecule has 3 rings (SSSR count). The second-order valence-electron chi connectivity index (χ2n) is 7.10. The van der Waals surface area contributed by atoms with E-state index in [1.54, 1.807) is 5.57 Å². The Balaban J connectivity index is 2.10. The predicted octanol–water partition coefficient (Wildman–Crippen LogP) is 4.42. The van der Waals surface area contributed by atoms with Gasteiger partial charge in [-0.2, -0.15) is 0 Å². The van der Waals surface area contributed by atoms with E-state index in [2.05, 4.69) is 27.4 Å². The van der Waals surface area contributed by atoms with Crippen LogP contribution in [0.2, 0.25) is 0 Å². The average molecular weight is 204 g/mol. The molecule has 0 N–H and O–H groups in total. The van der Waals surface area contributed by atoms with Crippen LogP contribution in [0, 0.1) is 28.6 Å². The maximum Gasteiger partial charge on any atom is -0.00849 e. The van der Waals surface area contributed by atoms with E-state index in [1.807, 2.05) is 0 Å². The molecule has 0 amide bonds. The zero-order valence-electron chi connectivity index (χ0n) is 10.5. The van der Waals surface area contributed by atoms with E-state index in [4.69, 9.17) is 0 Å². The van der Waals surface area contributed by atoms with Crippen molar-refractivity contribution in [3.8, 4) is 0 Å². The molecule has 15 heavy (non-hydrogen) atoms. The van der Waals surface area contributed by atoms with E-state index in [0.717, 1.165) is 17.8 Å². The van der Waals surface area contributed by atoms with E-state index >= 15 is 0 Å². The maximum absolute atomic E-state index is 4.46. The van der Waals surface area contributed by atoms with Crippen LogP contribution in [-0.2, 0) is 0 Å². The minimum Gasteiger partial charge on any atom is -0.0990 e. The molecule has 0 aromatic heterocycles. The second kappa shape index (κ2) is 2.70. The third-order valence-corrected chi connectivity index (χ3v) is 6.07. The zero-order valence-corrected chi connectivity index (χ0v) is 10.5. The van der Waals surface area contributed by atoms with Crippen molar-refractivity contribution >= 4 is 0 Å². The molecule has 0 heteroatoms. The van der Waals surface area contributed by atoms with Crippen LogP contribution in [0.4, 0.5) is 0 Å². The van der Waals surface area contributed by atoms with Gasteiger partial charge in [0.15, 0.2) is 0 Å². The molecule has 0 radical (unpaired) electrons. The summed E-state index contributed by atoms with van der Waals surface area (Å²) in [5, 5.41) is 0. The van der Waals surface area contributed by atoms with E-state index in [1.165, 1.54) is 32.1 Å². The number of hydrogen-bond donors (Lipinski definition) is 0. The molecule has 3 saturated carbocycles. The van der Waals surface area contributed by atoms with E-state index in [9.17, 15) is 0 Å². The highest BCUT2D eigenvalue weighted by atomic mass is 14.7. The van der Waals surface area contributed by atoms with Gasteiger partial charge in [-0.05, 0) is 54.3 Å². The highest BCUT2D eigenvalue weighted by Gasteiger charge is 2.61. The summed E-state index contributed by atoms with van der Waals surface area (Å²) in [6.45, 7) is 12.0. The Morgan fingerprint density at radius 3 is 2.60 bits per heavy atom. The first-order valence-corrected chi connectivity index (χ1v) is 6.66. The van der Waals surface area contributed by atoms with Crippen molar-refractivity contribution in [2.45, 2.75) is 52.9 Å². The van der Waals surface area contributed by atoms with E-state index in [-0.39, 0.29) is 0 Å². The van der Waals surface area contributed by atoms with Gasteiger partial charge in [0, 0.05) is 0 Å². The van der Waals surface area contributed by atoms with Crippen LogP contribution in [0.1, 0.15) is 52.9 Å². The molecule has 0 nitrogen and oxygen atoms in total. The minimum absolute atomic E-state index is 0.515. The molecular weight excluding hydrogens is 180 g/mol. The normalized spacial score (nSPS) is 51.9. The number of hydrogen-bond acceptors (Lipinski definition) is 0. The summed E-state index contributed by atoms with van der Waals surface area (Å²) in [5.41, 5.74) is 2.71. The van der Waals surface area contributed by atoms with Crippen LogP contribution in [0.5, 0.6) is 0 Å². The fourth-order valence-electron chi connectivity index (χ4n) is 5.28. The minimum atomic E-state index is 0.515. The van der Waals surface area contributed by atoms with Gasteiger partial charge < -0.3 is 0 Å². The summed E-state index contributed by atoms with van der Waals surface area (Å²) in [6, 6.07) is 0. The maximum atomic E-state index is 4.46. The highest BCUT2D eigenvalue weighted by molar-refractivity contribution is 5.29. The summed E-state index contributed by atoms with van der Waals surface area (Å²) < 4.78 is 0. The fraction of sp³-hybridized carbons (Fsp3) is 0.867. The van der Waals surface area contributed by atoms with Gasteiger partial charge in [0.25, 0.3) is 0 Å². The summed E-state index contributed by atoms with van der Waals surface area (Å²) in [6.07, 6.45) is 7.18. The Morgan fingerprint density at radius 2 is 1.87 bits per heavy atom. The smallest absolute Gasteiger partial charge is 0.00849 e. The molecule has 0 unspecified atom stereocenters. The van der Waals surface area contributed by atoms with Crippen molar-refractivity contribution in [2.75, 3.05) is 0 Å². The first-order chi connectivity index (χ1) is 6.97. The third-order valence-electron chi connectivity index (χ3n) is 6.07. The van der Waals surface area contributed by atoms with E-state index in [0.29, 0.717) is 10.8 Å². The van der Waals surface area contributed by atoms with Gasteiger partial charge in [0.1, 0.15) is 0 Å². The molecule has 0 aromatic rings. The molecule has 0 heterocycles. The fourth-order valence-corrected chi connectivity index (χ4v) is 5.28. The molecule has 3 fully saturated rings. The molecule has 0 spiro atoms. The van der Waals surface area contributed by atoms with E-state index < -0.39 is 0 Å². The van der Waals surface area contributed by atoms with Gasteiger partial charge in [0.2, 0.25) is 0 Å². The Bertz CT molecular complexity index is 312. The topological polar surface area (TPSA) is 0 Å². The van der Waals surface area contributed by atoms with Crippen LogP contribution >= 0.6 is 0 Å². The molecule has 0 aromatic carbocycles. The Labute approximate surface area is 94.1 Å². The third kappa shape index (κ3) is 1.04. The van der Waals surface area contributed by atoms with Crippen molar-refractivity contribution in [1.82, 2.24) is 0 Å². The van der Waals surface area contributed by atoms with Crippen molar-refractivity contribution < 1.29 is 0 Å². The van der Waals surface area contributed by atoms with Crippen molar-refractivity contribution in [3.05, 3.63) is 12.2 Å². The summed E-state index contributed by atoms with van der Waals surface area (Å²) in [5.74, 6) is 2.79. The summed E-state index contributed by atoms with van der Waals surface area (Å²) in [4.78, 5) is 0. The lowest BCUT2D eigenvalue weighted by atomic mass is 9.69. The van der Waals surface area contributed by atoms with Crippen molar-refractivity contribution in [1.29, 1.82) is 0 Å². The van der Waals surface area contributed by atoms with Gasteiger partial charge >= 0.3 is 0 Å². The van der Waals surface area contributed by atoms with Crippen LogP contribution < -0.4 is 0 Å². The first-order valence-electron chi connectivity index (χ1n) is 6.66. The highest BCUT2D eigenvalue weighted by Crippen LogP contribution is 2.70. The number of rotatable bonds is 0. The average Bonchev–Trinajstić information content (AvgIpc) is 2.63. The van der Waals surface area contributed by atoms with Gasteiger partial charge in [-0.25, -0.2) is 0 Å². The van der Waals surface area contributed by atoms with Gasteiger partial charge in [-0.1, -0.05) is 39.3 Å². The van der Waals surface area contributed by atoms with Crippen LogP contribution in [0.25, 0.3) is 0 Å². The van der Waals surface area contributed by atoms with Crippen LogP contribution in [0.15, 0.2) is 12.2 Å². The Morgan fingerprint density at radius 1 is 1.13 bits per heavy atom. The SMILES string of the molecule is C=C1[C@@H]2CC[C@H]3[C@@H]2C(C)(C)CCC[C@]13C. The summed E-state index contributed by atoms with van der Waals surface area (Å²) in [7, 11) is 0. The molecule has 4 atom stereocenters. The van der Waals surface area contributed by atoms with Crippen molar-refractivity contribution in [2.24, 2.45) is 28.6 Å². The molecule has 0 saturated heterocycles. The largest absolute Gasteiger partial charge is 0.0990 e. The molecular formula is C15H24. The lowest BCUT2D eigenvalue weighted by Gasteiger charge is -2.35. The molecule has 3 aliphatic rings. The van der Waals surface area contributed by atoms with Gasteiger partial charge in [-0.15, -0.1) is 0 Å². The predicted molar refractivity (Wildman–Crippen MR) is 64.6 cm³/mol. The van der Waals surface area contributed by atoms with Crippen LogP contribution in [-0.4, -0.2) is 0 Å².